The molecule has 0 bridgehead atoms. The molecule has 25 heavy (non-hydrogen) atoms. The number of hydrogen-bond donors (Lipinski definition) is 1. The molecule has 1 fully saturated rings. The SMILES string of the molecule is C=C1C(=O)OC2CC=C(C)C(=O)C=CC(C)(O)C(OC(=O)C(C)C)C12. The van der Waals surface area contributed by atoms with Crippen molar-refractivity contribution in [1.82, 2.24) is 0 Å². The molecular formula is C19H24O6. The van der Waals surface area contributed by atoms with Crippen LogP contribution in [0.15, 0.2) is 36.0 Å². The Morgan fingerprint density at radius 1 is 1.44 bits per heavy atom. The molecule has 6 nitrogen and oxygen atoms in total. The standard InChI is InChI=1S/C19H24O6/c1-10(2)17(21)25-16-15-12(4)18(22)24-14(15)7-6-11(3)13(20)8-9-19(16,5)23/h6,8-10,14-16,23H,4,7H2,1-3,5H3. The van der Waals surface area contributed by atoms with Gasteiger partial charge in [0.2, 0.25) is 0 Å². The lowest BCUT2D eigenvalue weighted by Crippen LogP contribution is -2.49. The first-order valence-corrected chi connectivity index (χ1v) is 8.27. The van der Waals surface area contributed by atoms with E-state index in [0.717, 1.165) is 0 Å². The van der Waals surface area contributed by atoms with Gasteiger partial charge >= 0.3 is 11.9 Å². The molecule has 0 amide bonds. The molecule has 0 radical (unpaired) electrons. The number of esters is 2. The van der Waals surface area contributed by atoms with Crippen LogP contribution in [0.5, 0.6) is 0 Å². The highest BCUT2D eigenvalue weighted by atomic mass is 16.6. The number of rotatable bonds is 2. The number of aliphatic hydroxyl groups is 1. The first kappa shape index (κ1) is 19.1. The van der Waals surface area contributed by atoms with Crippen molar-refractivity contribution in [3.63, 3.8) is 0 Å². The second-order valence-electron chi connectivity index (χ2n) is 7.05. The highest BCUT2D eigenvalue weighted by molar-refractivity contribution is 6.03. The van der Waals surface area contributed by atoms with Crippen LogP contribution in [0.2, 0.25) is 0 Å². The molecule has 1 heterocycles. The Morgan fingerprint density at radius 2 is 2.08 bits per heavy atom. The second-order valence-corrected chi connectivity index (χ2v) is 7.05. The fraction of sp³-hybridized carbons (Fsp3) is 0.526. The Labute approximate surface area is 147 Å². The van der Waals surface area contributed by atoms with Crippen LogP contribution in [0.25, 0.3) is 0 Å². The number of carbonyl (C=O) groups excluding carboxylic acids is 3. The van der Waals surface area contributed by atoms with Crippen LogP contribution in [0.4, 0.5) is 0 Å². The quantitative estimate of drug-likeness (QED) is 0.605. The van der Waals surface area contributed by atoms with Gasteiger partial charge in [0.05, 0.1) is 11.8 Å². The predicted molar refractivity (Wildman–Crippen MR) is 90.4 cm³/mol. The number of hydrogen-bond acceptors (Lipinski definition) is 6. The van der Waals surface area contributed by atoms with Crippen LogP contribution in [-0.4, -0.2) is 40.6 Å². The largest absolute Gasteiger partial charge is 0.458 e. The Kier molecular flexibility index (Phi) is 5.32. The topological polar surface area (TPSA) is 89.9 Å². The van der Waals surface area contributed by atoms with Gasteiger partial charge in [-0.15, -0.1) is 0 Å². The van der Waals surface area contributed by atoms with E-state index in [1.807, 2.05) is 0 Å². The average molecular weight is 348 g/mol. The number of ether oxygens (including phenoxy) is 2. The molecule has 2 aliphatic rings. The monoisotopic (exact) mass is 348 g/mol. The van der Waals surface area contributed by atoms with E-state index in [0.29, 0.717) is 5.57 Å². The molecule has 0 saturated carbocycles. The third kappa shape index (κ3) is 3.90. The van der Waals surface area contributed by atoms with E-state index in [-0.39, 0.29) is 17.8 Å². The van der Waals surface area contributed by atoms with Gasteiger partial charge < -0.3 is 14.6 Å². The molecule has 1 saturated heterocycles. The fourth-order valence-corrected chi connectivity index (χ4v) is 2.90. The third-order valence-electron chi connectivity index (χ3n) is 4.56. The van der Waals surface area contributed by atoms with Crippen molar-refractivity contribution in [3.8, 4) is 0 Å². The molecule has 0 aromatic carbocycles. The van der Waals surface area contributed by atoms with Crippen LogP contribution in [0, 0.1) is 11.8 Å². The van der Waals surface area contributed by atoms with Gasteiger partial charge in [0.15, 0.2) is 5.78 Å². The van der Waals surface area contributed by atoms with Crippen LogP contribution in [0.1, 0.15) is 34.1 Å². The molecule has 4 unspecified atom stereocenters. The number of allylic oxidation sites excluding steroid dienone is 2. The van der Waals surface area contributed by atoms with Gasteiger partial charge in [-0.1, -0.05) is 26.5 Å². The maximum Gasteiger partial charge on any atom is 0.334 e. The van der Waals surface area contributed by atoms with Gasteiger partial charge in [0, 0.05) is 12.0 Å². The van der Waals surface area contributed by atoms with E-state index in [2.05, 4.69) is 6.58 Å². The van der Waals surface area contributed by atoms with E-state index in [1.165, 1.54) is 19.1 Å². The van der Waals surface area contributed by atoms with Gasteiger partial charge in [-0.3, -0.25) is 9.59 Å². The van der Waals surface area contributed by atoms with Crippen molar-refractivity contribution < 1.29 is 29.0 Å². The molecule has 0 aromatic heterocycles. The third-order valence-corrected chi connectivity index (χ3v) is 4.56. The molecule has 2 rings (SSSR count). The van der Waals surface area contributed by atoms with Crippen LogP contribution >= 0.6 is 0 Å². The maximum absolute atomic E-state index is 12.2. The van der Waals surface area contributed by atoms with E-state index in [4.69, 9.17) is 9.47 Å². The molecule has 1 aliphatic carbocycles. The zero-order valence-electron chi connectivity index (χ0n) is 14.9. The maximum atomic E-state index is 12.2. The number of fused-ring (bicyclic) bond motifs is 1. The first-order valence-electron chi connectivity index (χ1n) is 8.27. The summed E-state index contributed by atoms with van der Waals surface area (Å²) in [7, 11) is 0. The zero-order chi connectivity index (χ0) is 18.9. The van der Waals surface area contributed by atoms with E-state index >= 15 is 0 Å². The van der Waals surface area contributed by atoms with Gasteiger partial charge in [-0.05, 0) is 31.6 Å². The second kappa shape index (κ2) is 6.96. The smallest absolute Gasteiger partial charge is 0.334 e. The van der Waals surface area contributed by atoms with Crippen molar-refractivity contribution >= 4 is 17.7 Å². The Balaban J connectivity index is 2.52. The van der Waals surface area contributed by atoms with Gasteiger partial charge in [-0.2, -0.15) is 0 Å². The molecule has 1 N–H and O–H groups in total. The minimum absolute atomic E-state index is 0.151. The van der Waals surface area contributed by atoms with Gasteiger partial charge in [-0.25, -0.2) is 4.79 Å². The lowest BCUT2D eigenvalue weighted by molar-refractivity contribution is -0.169. The average Bonchev–Trinajstić information content (AvgIpc) is 2.81. The van der Waals surface area contributed by atoms with Crippen molar-refractivity contribution in [2.45, 2.75) is 51.9 Å². The van der Waals surface area contributed by atoms with Crippen LogP contribution in [-0.2, 0) is 23.9 Å². The molecule has 6 heteroatoms. The predicted octanol–water partition coefficient (Wildman–Crippen LogP) is 1.88. The van der Waals surface area contributed by atoms with Crippen LogP contribution < -0.4 is 0 Å². The highest BCUT2D eigenvalue weighted by Gasteiger charge is 2.51. The lowest BCUT2D eigenvalue weighted by Gasteiger charge is -2.36. The summed E-state index contributed by atoms with van der Waals surface area (Å²) < 4.78 is 10.9. The Bertz CT molecular complexity index is 667. The van der Waals surface area contributed by atoms with Gasteiger partial charge in [0.1, 0.15) is 17.8 Å². The summed E-state index contributed by atoms with van der Waals surface area (Å²) in [5, 5.41) is 10.9. The summed E-state index contributed by atoms with van der Waals surface area (Å²) in [6, 6.07) is 0. The molecular weight excluding hydrogens is 324 g/mol. The number of ketones is 1. The normalized spacial score (nSPS) is 33.0. The highest BCUT2D eigenvalue weighted by Crippen LogP contribution is 2.38. The Hall–Kier alpha value is -2.21. The molecule has 136 valence electrons. The van der Waals surface area contributed by atoms with E-state index < -0.39 is 41.6 Å². The van der Waals surface area contributed by atoms with Crippen molar-refractivity contribution in [2.75, 3.05) is 0 Å². The molecule has 1 aliphatic heterocycles. The minimum atomic E-state index is -1.67. The summed E-state index contributed by atoms with van der Waals surface area (Å²) >= 11 is 0. The summed E-state index contributed by atoms with van der Waals surface area (Å²) in [4.78, 5) is 36.2. The fourth-order valence-electron chi connectivity index (χ4n) is 2.90. The first-order chi connectivity index (χ1) is 11.5. The van der Waals surface area contributed by atoms with E-state index in [1.54, 1.807) is 26.8 Å². The van der Waals surface area contributed by atoms with Crippen molar-refractivity contribution in [1.29, 1.82) is 0 Å². The van der Waals surface area contributed by atoms with Crippen molar-refractivity contribution in [3.05, 3.63) is 36.0 Å². The molecule has 0 aromatic rings. The summed E-state index contributed by atoms with van der Waals surface area (Å²) in [6.07, 6.45) is 2.74. The summed E-state index contributed by atoms with van der Waals surface area (Å²) in [5.74, 6) is -2.48. The molecule has 4 atom stereocenters. The van der Waals surface area contributed by atoms with Gasteiger partial charge in [0.25, 0.3) is 0 Å². The lowest BCUT2D eigenvalue weighted by atomic mass is 9.79. The minimum Gasteiger partial charge on any atom is -0.458 e. The Morgan fingerprint density at radius 3 is 2.68 bits per heavy atom. The summed E-state index contributed by atoms with van der Waals surface area (Å²) in [5.41, 5.74) is -1.03. The summed E-state index contributed by atoms with van der Waals surface area (Å²) in [6.45, 7) is 10.2. The zero-order valence-corrected chi connectivity index (χ0v) is 14.9. The van der Waals surface area contributed by atoms with Crippen molar-refractivity contribution in [2.24, 2.45) is 11.8 Å². The van der Waals surface area contributed by atoms with E-state index in [9.17, 15) is 19.5 Å². The van der Waals surface area contributed by atoms with Crippen LogP contribution in [0.3, 0.4) is 0 Å². The molecule has 0 spiro atoms. The number of carbonyl (C=O) groups is 3.